The summed E-state index contributed by atoms with van der Waals surface area (Å²) in [7, 11) is 0. The van der Waals surface area contributed by atoms with Gasteiger partial charge in [-0.15, -0.1) is 0 Å². The van der Waals surface area contributed by atoms with Crippen LogP contribution in [0.3, 0.4) is 0 Å². The number of likely N-dealkylation sites (tertiary alicyclic amines) is 2. The molecule has 5 rings (SSSR count). The molecule has 0 N–H and O–H groups in total. The number of fused-ring (bicyclic) bond motifs is 1. The highest BCUT2D eigenvalue weighted by molar-refractivity contribution is 6.07. The summed E-state index contributed by atoms with van der Waals surface area (Å²) in [5.41, 5.74) is 5.77. The monoisotopic (exact) mass is 455 g/mol. The van der Waals surface area contributed by atoms with Crippen LogP contribution in [-0.4, -0.2) is 52.8 Å². The molecule has 0 spiro atoms. The molecular weight excluding hydrogens is 422 g/mol. The number of aryl methyl sites for hydroxylation is 2. The lowest BCUT2D eigenvalue weighted by Crippen LogP contribution is -2.45. The van der Waals surface area contributed by atoms with E-state index in [2.05, 4.69) is 32.0 Å². The summed E-state index contributed by atoms with van der Waals surface area (Å²) in [5, 5.41) is 0.882. The van der Waals surface area contributed by atoms with Crippen molar-refractivity contribution in [3.63, 3.8) is 0 Å². The maximum Gasteiger partial charge on any atom is 0.254 e. The summed E-state index contributed by atoms with van der Waals surface area (Å²) in [6.45, 7) is 7.20. The highest BCUT2D eigenvalue weighted by Crippen LogP contribution is 2.30. The number of para-hydroxylation sites is 1. The average Bonchev–Trinajstić information content (AvgIpc) is 2.88. The summed E-state index contributed by atoms with van der Waals surface area (Å²) in [5.74, 6) is 0.369. The standard InChI is InChI=1S/C29H33N3O2/c1-20-10-11-23(21(2)18-20)27-19-25(24-8-4-5-9-26(24)30-27)29(34)32-16-12-22(13-17-32)28(33)31-14-6-3-7-15-31/h4-5,8-11,18-19,22H,3,6-7,12-17H2,1-2H3. The van der Waals surface area contributed by atoms with Crippen LogP contribution in [0.5, 0.6) is 0 Å². The second-order valence-electron chi connectivity index (χ2n) is 9.84. The van der Waals surface area contributed by atoms with Crippen molar-refractivity contribution in [2.45, 2.75) is 46.0 Å². The van der Waals surface area contributed by atoms with Crippen LogP contribution in [0.15, 0.2) is 48.5 Å². The number of benzene rings is 2. The van der Waals surface area contributed by atoms with Crippen molar-refractivity contribution in [2.24, 2.45) is 5.92 Å². The van der Waals surface area contributed by atoms with Gasteiger partial charge >= 0.3 is 0 Å². The number of carbonyl (C=O) groups is 2. The molecular formula is C29H33N3O2. The molecule has 2 aliphatic rings. The van der Waals surface area contributed by atoms with Crippen molar-refractivity contribution in [1.82, 2.24) is 14.8 Å². The van der Waals surface area contributed by atoms with Crippen LogP contribution in [0.4, 0.5) is 0 Å². The second-order valence-corrected chi connectivity index (χ2v) is 9.84. The first-order chi connectivity index (χ1) is 16.5. The molecule has 1 aromatic heterocycles. The van der Waals surface area contributed by atoms with Crippen molar-refractivity contribution in [3.05, 3.63) is 65.2 Å². The van der Waals surface area contributed by atoms with E-state index in [-0.39, 0.29) is 11.8 Å². The lowest BCUT2D eigenvalue weighted by molar-refractivity contribution is -0.137. The zero-order valence-electron chi connectivity index (χ0n) is 20.2. The molecule has 0 atom stereocenters. The van der Waals surface area contributed by atoms with Gasteiger partial charge in [0.05, 0.1) is 16.8 Å². The van der Waals surface area contributed by atoms with Gasteiger partial charge in [-0.05, 0) is 63.6 Å². The molecule has 5 heteroatoms. The average molecular weight is 456 g/mol. The molecule has 3 aromatic rings. The molecule has 2 aliphatic heterocycles. The largest absolute Gasteiger partial charge is 0.342 e. The molecule has 176 valence electrons. The lowest BCUT2D eigenvalue weighted by Gasteiger charge is -2.35. The van der Waals surface area contributed by atoms with Crippen molar-refractivity contribution >= 4 is 22.7 Å². The Hall–Kier alpha value is -3.21. The maximum atomic E-state index is 13.7. The van der Waals surface area contributed by atoms with E-state index in [1.54, 1.807) is 0 Å². The fourth-order valence-corrected chi connectivity index (χ4v) is 5.46. The molecule has 0 aliphatic carbocycles. The molecule has 2 saturated heterocycles. The minimum Gasteiger partial charge on any atom is -0.342 e. The highest BCUT2D eigenvalue weighted by atomic mass is 16.2. The predicted molar refractivity (Wildman–Crippen MR) is 136 cm³/mol. The van der Waals surface area contributed by atoms with Crippen molar-refractivity contribution in [3.8, 4) is 11.3 Å². The number of carbonyl (C=O) groups excluding carboxylic acids is 2. The molecule has 0 saturated carbocycles. The van der Waals surface area contributed by atoms with Crippen LogP contribution < -0.4 is 0 Å². The predicted octanol–water partition coefficient (Wildman–Crippen LogP) is 5.38. The number of nitrogens with zero attached hydrogens (tertiary/aromatic N) is 3. The third-order valence-electron chi connectivity index (χ3n) is 7.40. The van der Waals surface area contributed by atoms with E-state index in [1.807, 2.05) is 40.1 Å². The van der Waals surface area contributed by atoms with Gasteiger partial charge in [-0.2, -0.15) is 0 Å². The fraction of sp³-hybridized carbons (Fsp3) is 0.414. The second kappa shape index (κ2) is 9.57. The maximum absolute atomic E-state index is 13.7. The Morgan fingerprint density at radius 2 is 1.59 bits per heavy atom. The number of aromatic nitrogens is 1. The van der Waals surface area contributed by atoms with Crippen molar-refractivity contribution in [2.75, 3.05) is 26.2 Å². The Kier molecular flexibility index (Phi) is 6.36. The summed E-state index contributed by atoms with van der Waals surface area (Å²) in [4.78, 5) is 35.5. The van der Waals surface area contributed by atoms with E-state index in [9.17, 15) is 9.59 Å². The first-order valence-electron chi connectivity index (χ1n) is 12.6. The molecule has 3 heterocycles. The minimum absolute atomic E-state index is 0.0356. The number of piperidine rings is 2. The normalized spacial score (nSPS) is 17.2. The van der Waals surface area contributed by atoms with E-state index >= 15 is 0 Å². The first-order valence-corrected chi connectivity index (χ1v) is 12.6. The summed E-state index contributed by atoms with van der Waals surface area (Å²) < 4.78 is 0. The van der Waals surface area contributed by atoms with Crippen LogP contribution >= 0.6 is 0 Å². The smallest absolute Gasteiger partial charge is 0.254 e. The first kappa shape index (κ1) is 22.6. The Bertz CT molecular complexity index is 1220. The van der Waals surface area contributed by atoms with E-state index in [0.717, 1.165) is 66.5 Å². The summed E-state index contributed by atoms with van der Waals surface area (Å²) in [6, 6.07) is 16.2. The summed E-state index contributed by atoms with van der Waals surface area (Å²) >= 11 is 0. The van der Waals surface area contributed by atoms with Gasteiger partial charge in [0.1, 0.15) is 0 Å². The number of rotatable bonds is 3. The fourth-order valence-electron chi connectivity index (χ4n) is 5.46. The topological polar surface area (TPSA) is 53.5 Å². The van der Waals surface area contributed by atoms with Crippen molar-refractivity contribution in [1.29, 1.82) is 0 Å². The van der Waals surface area contributed by atoms with E-state index in [0.29, 0.717) is 24.6 Å². The van der Waals surface area contributed by atoms with E-state index < -0.39 is 0 Å². The molecule has 2 aromatic carbocycles. The molecule has 2 fully saturated rings. The number of hydrogen-bond acceptors (Lipinski definition) is 3. The SMILES string of the molecule is Cc1ccc(-c2cc(C(=O)N3CCC(C(=O)N4CCCCC4)CC3)c3ccccc3n2)c(C)c1. The van der Waals surface area contributed by atoms with Crippen LogP contribution in [0.1, 0.15) is 53.6 Å². The van der Waals surface area contributed by atoms with Crippen molar-refractivity contribution < 1.29 is 9.59 Å². The third kappa shape index (κ3) is 4.44. The van der Waals surface area contributed by atoms with Gasteiger partial charge in [0, 0.05) is 43.0 Å². The highest BCUT2D eigenvalue weighted by Gasteiger charge is 2.31. The Morgan fingerprint density at radius 1 is 0.853 bits per heavy atom. The molecule has 2 amide bonds. The van der Waals surface area contributed by atoms with Crippen LogP contribution in [0, 0.1) is 19.8 Å². The molecule has 5 nitrogen and oxygen atoms in total. The zero-order chi connectivity index (χ0) is 23.7. The van der Waals surface area contributed by atoms with E-state index in [4.69, 9.17) is 4.98 Å². The summed E-state index contributed by atoms with van der Waals surface area (Å²) in [6.07, 6.45) is 4.94. The number of pyridine rings is 1. The van der Waals surface area contributed by atoms with Gasteiger partial charge in [0.25, 0.3) is 5.91 Å². The number of hydrogen-bond donors (Lipinski definition) is 0. The van der Waals surface area contributed by atoms with Crippen LogP contribution in [0.2, 0.25) is 0 Å². The van der Waals surface area contributed by atoms with Gasteiger partial charge in [0.15, 0.2) is 0 Å². The van der Waals surface area contributed by atoms with Gasteiger partial charge in [0.2, 0.25) is 5.91 Å². The lowest BCUT2D eigenvalue weighted by atomic mass is 9.93. The zero-order valence-corrected chi connectivity index (χ0v) is 20.2. The molecule has 0 radical (unpaired) electrons. The third-order valence-corrected chi connectivity index (χ3v) is 7.40. The Labute approximate surface area is 201 Å². The minimum atomic E-state index is 0.0356. The van der Waals surface area contributed by atoms with E-state index in [1.165, 1.54) is 12.0 Å². The van der Waals surface area contributed by atoms with Crippen LogP contribution in [-0.2, 0) is 4.79 Å². The van der Waals surface area contributed by atoms with Crippen LogP contribution in [0.25, 0.3) is 22.2 Å². The van der Waals surface area contributed by atoms with Gasteiger partial charge in [-0.25, -0.2) is 4.98 Å². The van der Waals surface area contributed by atoms with Gasteiger partial charge < -0.3 is 9.80 Å². The molecule has 0 unspecified atom stereocenters. The van der Waals surface area contributed by atoms with Gasteiger partial charge in [-0.3, -0.25) is 9.59 Å². The van der Waals surface area contributed by atoms with Gasteiger partial charge in [-0.1, -0.05) is 42.0 Å². The molecule has 34 heavy (non-hydrogen) atoms. The number of amides is 2. The molecule has 0 bridgehead atoms. The quantitative estimate of drug-likeness (QED) is 0.533. The Morgan fingerprint density at radius 3 is 2.32 bits per heavy atom. The Balaban J connectivity index is 1.39.